The molecule has 0 unspecified atom stereocenters. The first-order chi connectivity index (χ1) is 7.84. The number of amides is 3. The predicted molar refractivity (Wildman–Crippen MR) is 61.5 cm³/mol. The van der Waals surface area contributed by atoms with E-state index in [4.69, 9.17) is 5.11 Å². The van der Waals surface area contributed by atoms with Crippen molar-refractivity contribution < 1.29 is 19.5 Å². The van der Waals surface area contributed by atoms with Gasteiger partial charge in [0.1, 0.15) is 6.04 Å². The average Bonchev–Trinajstić information content (AvgIpc) is 2.19. The van der Waals surface area contributed by atoms with Crippen LogP contribution in [0.1, 0.15) is 20.8 Å². The Bertz CT molecular complexity index is 291. The zero-order chi connectivity index (χ0) is 13.4. The summed E-state index contributed by atoms with van der Waals surface area (Å²) in [7, 11) is 0. The van der Waals surface area contributed by atoms with Gasteiger partial charge in [0, 0.05) is 20.0 Å². The van der Waals surface area contributed by atoms with Crippen molar-refractivity contribution in [3.05, 3.63) is 0 Å². The van der Waals surface area contributed by atoms with Gasteiger partial charge >= 0.3 is 12.0 Å². The van der Waals surface area contributed by atoms with Gasteiger partial charge in [0.2, 0.25) is 5.91 Å². The normalized spacial score (nSPS) is 11.8. The lowest BCUT2D eigenvalue weighted by Gasteiger charge is -2.18. The number of carboxylic acid groups (broad SMARTS) is 1. The van der Waals surface area contributed by atoms with Crippen LogP contribution in [0.15, 0.2) is 0 Å². The second-order valence-electron chi connectivity index (χ2n) is 3.94. The van der Waals surface area contributed by atoms with Crippen LogP contribution >= 0.6 is 0 Å². The number of rotatable bonds is 6. The van der Waals surface area contributed by atoms with Crippen LogP contribution in [0.3, 0.4) is 0 Å². The molecular weight excluding hydrogens is 226 g/mol. The van der Waals surface area contributed by atoms with Gasteiger partial charge in [-0.15, -0.1) is 0 Å². The predicted octanol–water partition coefficient (Wildman–Crippen LogP) is -0.469. The minimum Gasteiger partial charge on any atom is -0.480 e. The number of carbonyl (C=O) groups is 3. The van der Waals surface area contributed by atoms with Gasteiger partial charge in [-0.1, -0.05) is 13.8 Å². The summed E-state index contributed by atoms with van der Waals surface area (Å²) < 4.78 is 0. The van der Waals surface area contributed by atoms with Crippen molar-refractivity contribution in [2.75, 3.05) is 13.1 Å². The van der Waals surface area contributed by atoms with Crippen LogP contribution in [-0.2, 0) is 9.59 Å². The summed E-state index contributed by atoms with van der Waals surface area (Å²) in [6.45, 7) is 5.34. The first-order valence-corrected chi connectivity index (χ1v) is 5.36. The molecule has 3 amide bonds. The van der Waals surface area contributed by atoms with Crippen molar-refractivity contribution in [1.29, 1.82) is 0 Å². The van der Waals surface area contributed by atoms with Crippen LogP contribution in [0.2, 0.25) is 0 Å². The lowest BCUT2D eigenvalue weighted by Crippen LogP contribution is -2.49. The lowest BCUT2D eigenvalue weighted by atomic mass is 10.1. The van der Waals surface area contributed by atoms with E-state index < -0.39 is 18.0 Å². The molecule has 0 aliphatic rings. The minimum atomic E-state index is -1.07. The standard InChI is InChI=1S/C10H19N3O4/c1-6(2)8(9(15)16)13-10(17)12-5-4-11-7(3)14/h6,8H,4-5H2,1-3H3,(H,11,14)(H,15,16)(H2,12,13,17)/t8-/m0/s1. The molecule has 0 saturated carbocycles. The smallest absolute Gasteiger partial charge is 0.326 e. The zero-order valence-electron chi connectivity index (χ0n) is 10.2. The van der Waals surface area contributed by atoms with E-state index in [1.807, 2.05) is 0 Å². The maximum Gasteiger partial charge on any atom is 0.326 e. The molecule has 17 heavy (non-hydrogen) atoms. The maximum absolute atomic E-state index is 11.3. The van der Waals surface area contributed by atoms with E-state index in [1.165, 1.54) is 6.92 Å². The van der Waals surface area contributed by atoms with E-state index in [0.717, 1.165) is 0 Å². The number of carbonyl (C=O) groups excluding carboxylic acids is 2. The summed E-state index contributed by atoms with van der Waals surface area (Å²) in [4.78, 5) is 32.6. The second kappa shape index (κ2) is 7.48. The average molecular weight is 245 g/mol. The molecule has 0 aliphatic heterocycles. The minimum absolute atomic E-state index is 0.183. The van der Waals surface area contributed by atoms with Gasteiger partial charge in [-0.25, -0.2) is 9.59 Å². The van der Waals surface area contributed by atoms with E-state index in [2.05, 4.69) is 16.0 Å². The van der Waals surface area contributed by atoms with Crippen molar-refractivity contribution in [1.82, 2.24) is 16.0 Å². The summed E-state index contributed by atoms with van der Waals surface area (Å²) in [5, 5.41) is 16.1. The molecule has 0 aromatic rings. The molecular formula is C10H19N3O4. The summed E-state index contributed by atoms with van der Waals surface area (Å²) in [6, 6.07) is -1.48. The Morgan fingerprint density at radius 2 is 1.65 bits per heavy atom. The van der Waals surface area contributed by atoms with Crippen LogP contribution < -0.4 is 16.0 Å². The monoisotopic (exact) mass is 245 g/mol. The summed E-state index contributed by atoms with van der Waals surface area (Å²) in [5.74, 6) is -1.46. The van der Waals surface area contributed by atoms with E-state index in [-0.39, 0.29) is 18.4 Å². The number of aliphatic carboxylic acids is 1. The summed E-state index contributed by atoms with van der Waals surface area (Å²) >= 11 is 0. The molecule has 0 spiro atoms. The third-order valence-corrected chi connectivity index (χ3v) is 2.00. The number of hydrogen-bond donors (Lipinski definition) is 4. The number of urea groups is 1. The van der Waals surface area contributed by atoms with Gasteiger partial charge < -0.3 is 21.1 Å². The molecule has 0 aromatic heterocycles. The molecule has 0 radical (unpaired) electrons. The van der Waals surface area contributed by atoms with Gasteiger partial charge in [-0.2, -0.15) is 0 Å². The fourth-order valence-electron chi connectivity index (χ4n) is 1.12. The van der Waals surface area contributed by atoms with Crippen LogP contribution in [0, 0.1) is 5.92 Å². The molecule has 0 fully saturated rings. The van der Waals surface area contributed by atoms with E-state index in [0.29, 0.717) is 6.54 Å². The molecule has 4 N–H and O–H groups in total. The van der Waals surface area contributed by atoms with Crippen molar-refractivity contribution in [3.63, 3.8) is 0 Å². The van der Waals surface area contributed by atoms with Crippen LogP contribution in [-0.4, -0.2) is 42.1 Å². The Morgan fingerprint density at radius 1 is 1.12 bits per heavy atom. The highest BCUT2D eigenvalue weighted by molar-refractivity contribution is 5.82. The Labute approximate surface area is 100.0 Å². The van der Waals surface area contributed by atoms with Crippen molar-refractivity contribution in [3.8, 4) is 0 Å². The SMILES string of the molecule is CC(=O)NCCNC(=O)N[C@H](C(=O)O)C(C)C. The van der Waals surface area contributed by atoms with E-state index in [9.17, 15) is 14.4 Å². The highest BCUT2D eigenvalue weighted by Gasteiger charge is 2.22. The Hall–Kier alpha value is -1.79. The van der Waals surface area contributed by atoms with Crippen molar-refractivity contribution in [2.24, 2.45) is 5.92 Å². The zero-order valence-corrected chi connectivity index (χ0v) is 10.2. The fraction of sp³-hybridized carbons (Fsp3) is 0.700. The van der Waals surface area contributed by atoms with Gasteiger partial charge in [0.15, 0.2) is 0 Å². The highest BCUT2D eigenvalue weighted by Crippen LogP contribution is 2.00. The molecule has 7 nitrogen and oxygen atoms in total. The molecule has 98 valence electrons. The number of nitrogens with one attached hydrogen (secondary N) is 3. The van der Waals surface area contributed by atoms with Gasteiger partial charge in [0.05, 0.1) is 0 Å². The Kier molecular flexibility index (Phi) is 6.69. The Balaban J connectivity index is 3.91. The van der Waals surface area contributed by atoms with E-state index in [1.54, 1.807) is 13.8 Å². The molecule has 7 heteroatoms. The molecule has 1 atom stereocenters. The van der Waals surface area contributed by atoms with Gasteiger partial charge in [-0.05, 0) is 5.92 Å². The summed E-state index contributed by atoms with van der Waals surface area (Å²) in [5.41, 5.74) is 0. The molecule has 0 heterocycles. The molecule has 0 bridgehead atoms. The van der Waals surface area contributed by atoms with Crippen molar-refractivity contribution in [2.45, 2.75) is 26.8 Å². The first kappa shape index (κ1) is 15.2. The quantitative estimate of drug-likeness (QED) is 0.474. The number of hydrogen-bond acceptors (Lipinski definition) is 3. The Morgan fingerprint density at radius 3 is 2.06 bits per heavy atom. The third kappa shape index (κ3) is 7.15. The van der Waals surface area contributed by atoms with Crippen LogP contribution in [0.4, 0.5) is 4.79 Å². The van der Waals surface area contributed by atoms with Gasteiger partial charge in [0.25, 0.3) is 0 Å². The highest BCUT2D eigenvalue weighted by atomic mass is 16.4. The second-order valence-corrected chi connectivity index (χ2v) is 3.94. The molecule has 0 rings (SSSR count). The molecule has 0 aliphatic carbocycles. The fourth-order valence-corrected chi connectivity index (χ4v) is 1.12. The number of carboxylic acids is 1. The van der Waals surface area contributed by atoms with E-state index >= 15 is 0 Å². The van der Waals surface area contributed by atoms with Crippen molar-refractivity contribution >= 4 is 17.9 Å². The molecule has 0 aromatic carbocycles. The van der Waals surface area contributed by atoms with Gasteiger partial charge in [-0.3, -0.25) is 4.79 Å². The topological polar surface area (TPSA) is 108 Å². The molecule has 0 saturated heterocycles. The maximum atomic E-state index is 11.3. The van der Waals surface area contributed by atoms with Crippen LogP contribution in [0.5, 0.6) is 0 Å². The van der Waals surface area contributed by atoms with Crippen LogP contribution in [0.25, 0.3) is 0 Å². The summed E-state index contributed by atoms with van der Waals surface area (Å²) in [6.07, 6.45) is 0. The third-order valence-electron chi connectivity index (χ3n) is 2.00. The lowest BCUT2D eigenvalue weighted by molar-refractivity contribution is -0.140. The first-order valence-electron chi connectivity index (χ1n) is 5.36. The largest absolute Gasteiger partial charge is 0.480 e.